The van der Waals surface area contributed by atoms with Gasteiger partial charge in [0.15, 0.2) is 0 Å². The fraction of sp³-hybridized carbons (Fsp3) is 0.0800. The molecule has 0 radical (unpaired) electrons. The van der Waals surface area contributed by atoms with Gasteiger partial charge in [-0.15, -0.1) is 0 Å². The van der Waals surface area contributed by atoms with Crippen molar-refractivity contribution < 1.29 is 4.74 Å². The average molecular weight is 649 g/mol. The molecule has 0 N–H and O–H groups in total. The predicted molar refractivity (Wildman–Crippen MR) is 205 cm³/mol. The van der Waals surface area contributed by atoms with Crippen molar-refractivity contribution in [3.63, 3.8) is 0 Å². The third-order valence-corrected chi connectivity index (χ3v) is 12.5. The molecule has 1 heterocycles. The molecule has 2 spiro atoms. The van der Waals surface area contributed by atoms with Crippen molar-refractivity contribution in [2.75, 3.05) is 0 Å². The van der Waals surface area contributed by atoms with Crippen LogP contribution >= 0.6 is 0 Å². The highest BCUT2D eigenvalue weighted by molar-refractivity contribution is 5.96. The van der Waals surface area contributed by atoms with Crippen LogP contribution in [0.1, 0.15) is 56.0 Å². The van der Waals surface area contributed by atoms with Crippen molar-refractivity contribution >= 4 is 0 Å². The normalized spacial score (nSPS) is 19.3. The number of fused-ring (bicyclic) bond motifs is 19. The Morgan fingerprint density at radius 2 is 0.784 bits per heavy atom. The lowest BCUT2D eigenvalue weighted by Gasteiger charge is -2.49. The molecule has 51 heavy (non-hydrogen) atoms. The fourth-order valence-electron chi connectivity index (χ4n) is 10.8. The lowest BCUT2D eigenvalue weighted by Crippen LogP contribution is -2.44. The Bertz CT molecular complexity index is 2610. The van der Waals surface area contributed by atoms with Crippen molar-refractivity contribution in [1.82, 2.24) is 0 Å². The number of para-hydroxylation sites is 1. The first-order valence-corrected chi connectivity index (χ1v) is 18.1. The van der Waals surface area contributed by atoms with Gasteiger partial charge in [0, 0.05) is 17.0 Å². The lowest BCUT2D eigenvalue weighted by molar-refractivity contribution is 0.270. The van der Waals surface area contributed by atoms with Crippen LogP contribution < -0.4 is 4.74 Å². The molecule has 1 nitrogen and oxygen atoms in total. The Balaban J connectivity index is 1.30. The highest BCUT2D eigenvalue weighted by atomic mass is 16.5. The van der Waals surface area contributed by atoms with Gasteiger partial charge in [-0.25, -0.2) is 0 Å². The summed E-state index contributed by atoms with van der Waals surface area (Å²) in [5.41, 5.74) is 18.6. The zero-order chi connectivity index (χ0) is 33.3. The second kappa shape index (κ2) is 9.74. The van der Waals surface area contributed by atoms with Gasteiger partial charge in [-0.2, -0.15) is 0 Å². The highest BCUT2D eigenvalue weighted by Crippen LogP contribution is 2.69. The van der Waals surface area contributed by atoms with Gasteiger partial charge in [0.25, 0.3) is 0 Å². The van der Waals surface area contributed by atoms with Gasteiger partial charge >= 0.3 is 0 Å². The van der Waals surface area contributed by atoms with E-state index in [2.05, 4.69) is 182 Å². The summed E-state index contributed by atoms with van der Waals surface area (Å²) in [6, 6.07) is 59.8. The first-order chi connectivity index (χ1) is 25.3. The van der Waals surface area contributed by atoms with E-state index < -0.39 is 10.8 Å². The van der Waals surface area contributed by atoms with Crippen LogP contribution in [0.2, 0.25) is 0 Å². The Hall–Kier alpha value is -6.18. The molecule has 7 aromatic carbocycles. The maximum Gasteiger partial charge on any atom is 0.132 e. The van der Waals surface area contributed by atoms with Crippen molar-refractivity contribution in [1.29, 1.82) is 0 Å². The molecule has 0 saturated carbocycles. The summed E-state index contributed by atoms with van der Waals surface area (Å²) in [4.78, 5) is 0. The largest absolute Gasteiger partial charge is 0.484 e. The van der Waals surface area contributed by atoms with Crippen LogP contribution in [0.3, 0.4) is 0 Å². The summed E-state index contributed by atoms with van der Waals surface area (Å²) in [5.74, 6) is 1.22. The second-order valence-electron chi connectivity index (χ2n) is 14.6. The molecule has 0 fully saturated rings. The van der Waals surface area contributed by atoms with E-state index in [1.54, 1.807) is 0 Å². The first-order valence-electron chi connectivity index (χ1n) is 18.1. The standard InChI is InChI=1S/C50H32O/c1-6-23-39-31(15-1)32-16-2-7-24-40(32)49(39)43-27-10-11-28-44(43)50(41-25-8-3-17-33(41)34-18-4-9-26-42(34)50)47-36(20-14-29-45(47)49)38-22-13-21-37-35-19-5-12-30-46(35)51-48(37)38/h1-30,35,46H. The van der Waals surface area contributed by atoms with Crippen LogP contribution in [-0.4, -0.2) is 6.10 Å². The second-order valence-corrected chi connectivity index (χ2v) is 14.6. The van der Waals surface area contributed by atoms with E-state index >= 15 is 0 Å². The molecule has 0 aromatic heterocycles. The first kappa shape index (κ1) is 27.6. The van der Waals surface area contributed by atoms with E-state index in [0.717, 1.165) is 11.3 Å². The molecule has 1 aliphatic heterocycles. The maximum absolute atomic E-state index is 6.94. The summed E-state index contributed by atoms with van der Waals surface area (Å²) in [6.45, 7) is 0. The zero-order valence-corrected chi connectivity index (χ0v) is 27.9. The summed E-state index contributed by atoms with van der Waals surface area (Å²) >= 11 is 0. The zero-order valence-electron chi connectivity index (χ0n) is 27.9. The van der Waals surface area contributed by atoms with Crippen LogP contribution in [0.25, 0.3) is 33.4 Å². The maximum atomic E-state index is 6.94. The van der Waals surface area contributed by atoms with E-state index in [1.165, 1.54) is 77.9 Å². The van der Waals surface area contributed by atoms with Gasteiger partial charge in [0.05, 0.1) is 10.8 Å². The van der Waals surface area contributed by atoms with Crippen molar-refractivity contribution in [2.24, 2.45) is 0 Å². The molecule has 0 amide bonds. The summed E-state index contributed by atoms with van der Waals surface area (Å²) < 4.78 is 6.94. The molecule has 2 unspecified atom stereocenters. The van der Waals surface area contributed by atoms with E-state index in [-0.39, 0.29) is 12.0 Å². The van der Waals surface area contributed by atoms with E-state index in [9.17, 15) is 0 Å². The monoisotopic (exact) mass is 648 g/mol. The van der Waals surface area contributed by atoms with Crippen molar-refractivity contribution in [3.8, 4) is 39.1 Å². The molecular weight excluding hydrogens is 617 g/mol. The van der Waals surface area contributed by atoms with Crippen LogP contribution in [-0.2, 0) is 10.8 Å². The molecule has 0 saturated heterocycles. The molecule has 12 rings (SSSR count). The minimum Gasteiger partial charge on any atom is -0.484 e. The fourth-order valence-corrected chi connectivity index (χ4v) is 10.8. The Labute approximate surface area is 297 Å². The van der Waals surface area contributed by atoms with Crippen LogP contribution in [0, 0.1) is 0 Å². The van der Waals surface area contributed by atoms with Gasteiger partial charge in [0.1, 0.15) is 11.9 Å². The quantitative estimate of drug-likeness (QED) is 0.172. The molecule has 2 atom stereocenters. The number of allylic oxidation sites excluding steroid dienone is 2. The molecule has 1 heteroatoms. The number of hydrogen-bond acceptors (Lipinski definition) is 1. The topological polar surface area (TPSA) is 9.23 Å². The van der Waals surface area contributed by atoms with Crippen LogP contribution in [0.4, 0.5) is 0 Å². The number of hydrogen-bond donors (Lipinski definition) is 0. The number of benzene rings is 7. The Morgan fingerprint density at radius 3 is 1.39 bits per heavy atom. The molecule has 0 bridgehead atoms. The average Bonchev–Trinajstić information content (AvgIpc) is 3.83. The van der Waals surface area contributed by atoms with Crippen LogP contribution in [0.5, 0.6) is 5.75 Å². The molecule has 5 aliphatic rings. The lowest BCUT2D eigenvalue weighted by atomic mass is 9.51. The number of rotatable bonds is 1. The van der Waals surface area contributed by atoms with Gasteiger partial charge in [-0.05, 0) is 78.4 Å². The summed E-state index contributed by atoms with van der Waals surface area (Å²) in [5, 5.41) is 0. The molecule has 238 valence electrons. The number of ether oxygens (including phenoxy) is 1. The summed E-state index contributed by atoms with van der Waals surface area (Å²) in [7, 11) is 0. The summed E-state index contributed by atoms with van der Waals surface area (Å²) in [6.07, 6.45) is 8.79. The van der Waals surface area contributed by atoms with Crippen molar-refractivity contribution in [3.05, 3.63) is 232 Å². The third kappa shape index (κ3) is 3.16. The van der Waals surface area contributed by atoms with Gasteiger partial charge < -0.3 is 4.74 Å². The molecular formula is C50H32O. The SMILES string of the molecule is C1=CC2Oc3c(-c4cccc5c4C4(c6ccccc6-c6ccccc64)c4ccccc4C54c5ccccc5-c5ccccc54)cccc3C2C=C1. The van der Waals surface area contributed by atoms with Gasteiger partial charge in [0.2, 0.25) is 0 Å². The Kier molecular flexibility index (Phi) is 5.28. The minimum absolute atomic E-state index is 0.00763. The van der Waals surface area contributed by atoms with Gasteiger partial charge in [-0.1, -0.05) is 176 Å². The highest BCUT2D eigenvalue weighted by Gasteiger charge is 2.59. The molecule has 7 aromatic rings. The third-order valence-electron chi connectivity index (χ3n) is 12.5. The molecule has 4 aliphatic carbocycles. The van der Waals surface area contributed by atoms with E-state index in [0.29, 0.717) is 0 Å². The smallest absolute Gasteiger partial charge is 0.132 e. The van der Waals surface area contributed by atoms with E-state index in [4.69, 9.17) is 4.74 Å². The van der Waals surface area contributed by atoms with Gasteiger partial charge in [-0.3, -0.25) is 0 Å². The van der Waals surface area contributed by atoms with Crippen LogP contribution in [0.15, 0.2) is 182 Å². The van der Waals surface area contributed by atoms with E-state index in [1.807, 2.05) is 0 Å². The van der Waals surface area contributed by atoms with Crippen molar-refractivity contribution in [2.45, 2.75) is 22.9 Å². The predicted octanol–water partition coefficient (Wildman–Crippen LogP) is 11.4. The minimum atomic E-state index is -0.554. The Morgan fingerprint density at radius 1 is 0.353 bits per heavy atom.